The summed E-state index contributed by atoms with van der Waals surface area (Å²) in [5, 5.41) is 1.97. The van der Waals surface area contributed by atoms with Gasteiger partial charge in [-0.25, -0.2) is 0 Å². The van der Waals surface area contributed by atoms with Crippen molar-refractivity contribution < 1.29 is 19.0 Å². The van der Waals surface area contributed by atoms with E-state index in [2.05, 4.69) is 31.2 Å². The second kappa shape index (κ2) is 8.96. The third-order valence-electron chi connectivity index (χ3n) is 6.08. The summed E-state index contributed by atoms with van der Waals surface area (Å²) in [5.41, 5.74) is 5.41. The molecule has 0 bridgehead atoms. The number of benzene rings is 2. The summed E-state index contributed by atoms with van der Waals surface area (Å²) >= 11 is 1.50. The van der Waals surface area contributed by atoms with Crippen LogP contribution in [0.2, 0.25) is 0 Å². The molecule has 1 aromatic heterocycles. The third-order valence-corrected chi connectivity index (χ3v) is 7.09. The minimum atomic E-state index is 0.0181. The number of nitrogens with zero attached hydrogens (tertiary/aromatic N) is 1. The van der Waals surface area contributed by atoms with E-state index in [0.717, 1.165) is 45.1 Å². The molecule has 2 aromatic carbocycles. The summed E-state index contributed by atoms with van der Waals surface area (Å²) in [4.78, 5) is 15.9. The zero-order valence-electron chi connectivity index (χ0n) is 18.4. The van der Waals surface area contributed by atoms with Crippen molar-refractivity contribution in [3.05, 3.63) is 69.4 Å². The van der Waals surface area contributed by atoms with Crippen LogP contribution in [0, 0.1) is 13.8 Å². The molecule has 3 aromatic rings. The number of ether oxygens (including phenoxy) is 3. The second-order valence-electron chi connectivity index (χ2n) is 8.39. The van der Waals surface area contributed by atoms with Gasteiger partial charge in [0.15, 0.2) is 11.5 Å². The van der Waals surface area contributed by atoms with Crippen molar-refractivity contribution in [2.75, 3.05) is 26.4 Å². The molecule has 1 amide bonds. The summed E-state index contributed by atoms with van der Waals surface area (Å²) in [6.07, 6.45) is 0.885. The summed E-state index contributed by atoms with van der Waals surface area (Å²) < 4.78 is 18.1. The maximum Gasteiger partial charge on any atom is 0.264 e. The van der Waals surface area contributed by atoms with E-state index in [-0.39, 0.29) is 12.0 Å². The molecule has 0 unspecified atom stereocenters. The lowest BCUT2D eigenvalue weighted by molar-refractivity contribution is 0.0737. The van der Waals surface area contributed by atoms with Crippen LogP contribution in [0.25, 0.3) is 11.1 Å². The van der Waals surface area contributed by atoms with E-state index in [0.29, 0.717) is 32.9 Å². The van der Waals surface area contributed by atoms with Crippen LogP contribution < -0.4 is 9.47 Å². The molecule has 2 aliphatic rings. The van der Waals surface area contributed by atoms with Crippen LogP contribution in [0.4, 0.5) is 0 Å². The second-order valence-corrected chi connectivity index (χ2v) is 9.31. The standard InChI is InChI=1S/C26H27NO4S/c1-17-5-3-4-6-22(17)19-13-20-15-27(26(28)25-18(2)8-12-32-25)9-11-30-24(20)23(14-19)31-21-7-10-29-16-21/h3-6,8,12-14,21H,7,9-11,15-16H2,1-2H3/t21-/m0/s1. The Labute approximate surface area is 192 Å². The number of hydrogen-bond acceptors (Lipinski definition) is 5. The quantitative estimate of drug-likeness (QED) is 0.547. The minimum absolute atomic E-state index is 0.0181. The molecule has 2 aliphatic heterocycles. The number of thiophene rings is 1. The van der Waals surface area contributed by atoms with Gasteiger partial charge in [-0.2, -0.15) is 0 Å². The predicted octanol–water partition coefficient (Wildman–Crippen LogP) is 5.23. The average molecular weight is 450 g/mol. The molecule has 0 N–H and O–H groups in total. The van der Waals surface area contributed by atoms with E-state index in [1.807, 2.05) is 35.4 Å². The van der Waals surface area contributed by atoms with Crippen molar-refractivity contribution in [1.82, 2.24) is 4.90 Å². The Balaban J connectivity index is 1.55. The number of hydrogen-bond donors (Lipinski definition) is 0. The molecule has 0 radical (unpaired) electrons. The van der Waals surface area contributed by atoms with Crippen molar-refractivity contribution in [3.8, 4) is 22.6 Å². The lowest BCUT2D eigenvalue weighted by atomic mass is 9.97. The molecule has 0 aliphatic carbocycles. The van der Waals surface area contributed by atoms with Gasteiger partial charge in [0, 0.05) is 18.5 Å². The first-order valence-electron chi connectivity index (χ1n) is 11.0. The Bertz CT molecular complexity index is 1130. The molecule has 166 valence electrons. The summed E-state index contributed by atoms with van der Waals surface area (Å²) in [5.74, 6) is 1.53. The lowest BCUT2D eigenvalue weighted by Gasteiger charge is -2.21. The van der Waals surface area contributed by atoms with Crippen LogP contribution in [-0.4, -0.2) is 43.3 Å². The number of carbonyl (C=O) groups is 1. The summed E-state index contributed by atoms with van der Waals surface area (Å²) in [6.45, 7) is 6.86. The molecule has 6 heteroatoms. The number of fused-ring (bicyclic) bond motifs is 1. The predicted molar refractivity (Wildman–Crippen MR) is 126 cm³/mol. The fourth-order valence-corrected chi connectivity index (χ4v) is 5.21. The van der Waals surface area contributed by atoms with Gasteiger partial charge in [0.05, 0.1) is 24.6 Å². The van der Waals surface area contributed by atoms with Gasteiger partial charge in [-0.3, -0.25) is 4.79 Å². The molecule has 1 fully saturated rings. The molecular formula is C26H27NO4S. The number of carbonyl (C=O) groups excluding carboxylic acids is 1. The molecule has 1 atom stereocenters. The Morgan fingerprint density at radius 3 is 2.75 bits per heavy atom. The van der Waals surface area contributed by atoms with Gasteiger partial charge in [0.1, 0.15) is 12.7 Å². The number of aryl methyl sites for hydroxylation is 2. The molecule has 0 spiro atoms. The summed E-state index contributed by atoms with van der Waals surface area (Å²) in [6, 6.07) is 14.5. The fraction of sp³-hybridized carbons (Fsp3) is 0.346. The van der Waals surface area contributed by atoms with Crippen LogP contribution in [-0.2, 0) is 11.3 Å². The molecule has 0 saturated carbocycles. The average Bonchev–Trinajstić information content (AvgIpc) is 3.40. The zero-order valence-corrected chi connectivity index (χ0v) is 19.2. The molecular weight excluding hydrogens is 422 g/mol. The van der Waals surface area contributed by atoms with Crippen molar-refractivity contribution in [2.24, 2.45) is 0 Å². The van der Waals surface area contributed by atoms with E-state index in [1.165, 1.54) is 16.9 Å². The Morgan fingerprint density at radius 2 is 2.00 bits per heavy atom. The first-order chi connectivity index (χ1) is 15.6. The van der Waals surface area contributed by atoms with E-state index >= 15 is 0 Å². The largest absolute Gasteiger partial charge is 0.487 e. The third kappa shape index (κ3) is 4.12. The SMILES string of the molecule is Cc1ccccc1-c1cc2c(c(O[C@H]3CCOC3)c1)OCCN(C(=O)c1sccc1C)C2. The highest BCUT2D eigenvalue weighted by Crippen LogP contribution is 2.40. The van der Waals surface area contributed by atoms with E-state index in [9.17, 15) is 4.79 Å². The maximum absolute atomic E-state index is 13.2. The van der Waals surface area contributed by atoms with Crippen LogP contribution in [0.5, 0.6) is 11.5 Å². The van der Waals surface area contributed by atoms with Crippen LogP contribution in [0.15, 0.2) is 47.8 Å². The van der Waals surface area contributed by atoms with Crippen molar-refractivity contribution in [2.45, 2.75) is 32.9 Å². The minimum Gasteiger partial charge on any atom is -0.487 e. The van der Waals surface area contributed by atoms with Gasteiger partial charge in [-0.1, -0.05) is 24.3 Å². The normalized spacial score (nSPS) is 18.1. The maximum atomic E-state index is 13.2. The lowest BCUT2D eigenvalue weighted by Crippen LogP contribution is -2.32. The first kappa shape index (κ1) is 21.0. The van der Waals surface area contributed by atoms with Gasteiger partial charge in [0.25, 0.3) is 5.91 Å². The van der Waals surface area contributed by atoms with Crippen LogP contribution >= 0.6 is 11.3 Å². The van der Waals surface area contributed by atoms with Crippen LogP contribution in [0.1, 0.15) is 32.8 Å². The van der Waals surface area contributed by atoms with Gasteiger partial charge in [-0.05, 0) is 59.7 Å². The van der Waals surface area contributed by atoms with Gasteiger partial charge < -0.3 is 19.1 Å². The molecule has 5 rings (SSSR count). The highest BCUT2D eigenvalue weighted by atomic mass is 32.1. The highest BCUT2D eigenvalue weighted by Gasteiger charge is 2.27. The van der Waals surface area contributed by atoms with Crippen molar-refractivity contribution >= 4 is 17.2 Å². The monoisotopic (exact) mass is 449 g/mol. The van der Waals surface area contributed by atoms with Crippen molar-refractivity contribution in [3.63, 3.8) is 0 Å². The highest BCUT2D eigenvalue weighted by molar-refractivity contribution is 7.12. The zero-order chi connectivity index (χ0) is 22.1. The summed E-state index contributed by atoms with van der Waals surface area (Å²) in [7, 11) is 0. The molecule has 1 saturated heterocycles. The van der Waals surface area contributed by atoms with E-state index in [1.54, 1.807) is 0 Å². The van der Waals surface area contributed by atoms with Crippen molar-refractivity contribution in [1.29, 1.82) is 0 Å². The van der Waals surface area contributed by atoms with Crippen LogP contribution in [0.3, 0.4) is 0 Å². The Morgan fingerprint density at radius 1 is 1.12 bits per heavy atom. The molecule has 5 nitrogen and oxygen atoms in total. The smallest absolute Gasteiger partial charge is 0.264 e. The fourth-order valence-electron chi connectivity index (χ4n) is 4.32. The number of rotatable bonds is 4. The topological polar surface area (TPSA) is 48.0 Å². The first-order valence-corrected chi connectivity index (χ1v) is 11.9. The Hall–Kier alpha value is -2.83. The van der Waals surface area contributed by atoms with Gasteiger partial charge in [-0.15, -0.1) is 11.3 Å². The van der Waals surface area contributed by atoms with E-state index < -0.39 is 0 Å². The van der Waals surface area contributed by atoms with Gasteiger partial charge >= 0.3 is 0 Å². The van der Waals surface area contributed by atoms with E-state index in [4.69, 9.17) is 14.2 Å². The number of amides is 1. The van der Waals surface area contributed by atoms with Gasteiger partial charge in [0.2, 0.25) is 0 Å². The molecule has 32 heavy (non-hydrogen) atoms. The molecule has 3 heterocycles. The Kier molecular flexibility index (Phi) is 5.89.